The second-order valence-electron chi connectivity index (χ2n) is 7.23. The molecule has 2 N–H and O–H groups in total. The Morgan fingerprint density at radius 1 is 1.17 bits per heavy atom. The first-order valence-corrected chi connectivity index (χ1v) is 10.2. The molecule has 29 heavy (non-hydrogen) atoms. The van der Waals surface area contributed by atoms with Crippen molar-refractivity contribution in [1.29, 1.82) is 0 Å². The van der Waals surface area contributed by atoms with Crippen LogP contribution in [-0.2, 0) is 19.1 Å². The van der Waals surface area contributed by atoms with Crippen LogP contribution in [0.15, 0.2) is 24.3 Å². The molecule has 0 fully saturated rings. The number of rotatable bonds is 7. The van der Waals surface area contributed by atoms with Gasteiger partial charge in [0.05, 0.1) is 35.9 Å². The van der Waals surface area contributed by atoms with Crippen molar-refractivity contribution in [2.75, 3.05) is 7.11 Å². The van der Waals surface area contributed by atoms with Crippen LogP contribution in [0.5, 0.6) is 0 Å². The molecule has 9 heteroatoms. The van der Waals surface area contributed by atoms with Crippen LogP contribution in [0.2, 0.25) is 0 Å². The molecule has 1 aromatic heterocycles. The number of amides is 2. The van der Waals surface area contributed by atoms with Crippen LogP contribution in [0.1, 0.15) is 45.2 Å². The molecule has 2 amide bonds. The van der Waals surface area contributed by atoms with Gasteiger partial charge < -0.3 is 15.2 Å². The molecule has 0 radical (unpaired) electrons. The lowest BCUT2D eigenvalue weighted by Crippen LogP contribution is -2.51. The first-order valence-electron chi connectivity index (χ1n) is 9.37. The molecule has 2 aromatic rings. The SMILES string of the molecule is COC(=O)CC(c1nc2ccccc2s1)N(C(=O)OC(C)C)C(=O)[C@@H](N)C(C)C. The van der Waals surface area contributed by atoms with E-state index in [9.17, 15) is 14.4 Å². The van der Waals surface area contributed by atoms with E-state index in [4.69, 9.17) is 15.2 Å². The van der Waals surface area contributed by atoms with E-state index in [2.05, 4.69) is 4.98 Å². The van der Waals surface area contributed by atoms with Gasteiger partial charge in [-0.05, 0) is 31.9 Å². The predicted molar refractivity (Wildman–Crippen MR) is 110 cm³/mol. The lowest BCUT2D eigenvalue weighted by molar-refractivity contribution is -0.143. The molecule has 2 rings (SSSR count). The summed E-state index contributed by atoms with van der Waals surface area (Å²) in [6.07, 6.45) is -1.57. The van der Waals surface area contributed by atoms with E-state index in [1.54, 1.807) is 27.7 Å². The van der Waals surface area contributed by atoms with Crippen molar-refractivity contribution in [3.63, 3.8) is 0 Å². The fourth-order valence-corrected chi connectivity index (χ4v) is 3.70. The highest BCUT2D eigenvalue weighted by Gasteiger charge is 2.39. The number of methoxy groups -OCH3 is 1. The molecule has 1 heterocycles. The number of ether oxygens (including phenoxy) is 2. The van der Waals surface area contributed by atoms with E-state index in [1.807, 2.05) is 24.3 Å². The molecule has 0 aliphatic carbocycles. The fourth-order valence-electron chi connectivity index (χ4n) is 2.64. The van der Waals surface area contributed by atoms with Crippen molar-refractivity contribution in [1.82, 2.24) is 9.88 Å². The number of hydrogen-bond donors (Lipinski definition) is 1. The Bertz CT molecular complexity index is 847. The summed E-state index contributed by atoms with van der Waals surface area (Å²) in [5, 5.41) is 0.432. The minimum absolute atomic E-state index is 0.217. The smallest absolute Gasteiger partial charge is 0.417 e. The second kappa shape index (κ2) is 9.80. The Morgan fingerprint density at radius 2 is 1.83 bits per heavy atom. The van der Waals surface area contributed by atoms with Crippen molar-refractivity contribution >= 4 is 39.5 Å². The van der Waals surface area contributed by atoms with Crippen LogP contribution in [0.3, 0.4) is 0 Å². The van der Waals surface area contributed by atoms with E-state index in [0.717, 1.165) is 9.60 Å². The molecule has 0 aliphatic rings. The maximum atomic E-state index is 13.1. The van der Waals surface area contributed by atoms with Gasteiger partial charge in [0.1, 0.15) is 11.0 Å². The average Bonchev–Trinajstić information content (AvgIpc) is 3.09. The van der Waals surface area contributed by atoms with Gasteiger partial charge in [-0.3, -0.25) is 9.59 Å². The number of carbonyl (C=O) groups is 3. The van der Waals surface area contributed by atoms with Gasteiger partial charge >= 0.3 is 12.1 Å². The Morgan fingerprint density at radius 3 is 2.38 bits per heavy atom. The zero-order valence-electron chi connectivity index (χ0n) is 17.2. The molecule has 2 atom stereocenters. The van der Waals surface area contributed by atoms with Crippen LogP contribution in [-0.4, -0.2) is 47.1 Å². The lowest BCUT2D eigenvalue weighted by atomic mass is 10.0. The molecule has 0 saturated carbocycles. The maximum absolute atomic E-state index is 13.1. The minimum atomic E-state index is -0.983. The summed E-state index contributed by atoms with van der Waals surface area (Å²) in [6, 6.07) is 5.48. The van der Waals surface area contributed by atoms with Crippen LogP contribution >= 0.6 is 11.3 Å². The van der Waals surface area contributed by atoms with Crippen LogP contribution < -0.4 is 5.73 Å². The van der Waals surface area contributed by atoms with Crippen LogP contribution in [0.4, 0.5) is 4.79 Å². The number of esters is 1. The molecule has 0 bridgehead atoms. The summed E-state index contributed by atoms with van der Waals surface area (Å²) in [6.45, 7) is 6.91. The Kier molecular flexibility index (Phi) is 7.69. The van der Waals surface area contributed by atoms with Gasteiger partial charge in [-0.1, -0.05) is 26.0 Å². The highest BCUT2D eigenvalue weighted by Crippen LogP contribution is 2.33. The summed E-state index contributed by atoms with van der Waals surface area (Å²) in [5.74, 6) is -1.42. The summed E-state index contributed by atoms with van der Waals surface area (Å²) in [5.41, 5.74) is 6.76. The number of carbonyl (C=O) groups excluding carboxylic acids is 3. The Labute approximate surface area is 174 Å². The molecular formula is C20H27N3O5S. The van der Waals surface area contributed by atoms with E-state index in [-0.39, 0.29) is 12.3 Å². The Balaban J connectivity index is 2.56. The molecule has 1 unspecified atom stereocenters. The van der Waals surface area contributed by atoms with Crippen LogP contribution in [0, 0.1) is 5.92 Å². The molecule has 0 saturated heterocycles. The third-order valence-electron chi connectivity index (χ3n) is 4.27. The number of fused-ring (bicyclic) bond motifs is 1. The number of hydrogen-bond acceptors (Lipinski definition) is 8. The van der Waals surface area contributed by atoms with Gasteiger partial charge in [-0.15, -0.1) is 11.3 Å². The number of nitrogens with two attached hydrogens (primary N) is 1. The highest BCUT2D eigenvalue weighted by molar-refractivity contribution is 7.18. The molecule has 0 spiro atoms. The van der Waals surface area contributed by atoms with Gasteiger partial charge in [0.25, 0.3) is 0 Å². The van der Waals surface area contributed by atoms with Gasteiger partial charge in [-0.2, -0.15) is 0 Å². The molecule has 8 nitrogen and oxygen atoms in total. The van der Waals surface area contributed by atoms with Gasteiger partial charge in [0, 0.05) is 0 Å². The van der Waals surface area contributed by atoms with Crippen LogP contribution in [0.25, 0.3) is 10.2 Å². The van der Waals surface area contributed by atoms with E-state index in [0.29, 0.717) is 10.5 Å². The molecule has 158 valence electrons. The highest BCUT2D eigenvalue weighted by atomic mass is 32.1. The third-order valence-corrected chi connectivity index (χ3v) is 5.41. The first-order chi connectivity index (χ1) is 13.6. The zero-order valence-corrected chi connectivity index (χ0v) is 18.1. The number of nitrogens with zero attached hydrogens (tertiary/aromatic N) is 2. The van der Waals surface area contributed by atoms with E-state index >= 15 is 0 Å². The van der Waals surface area contributed by atoms with Crippen molar-refractivity contribution in [2.45, 2.75) is 52.3 Å². The van der Waals surface area contributed by atoms with E-state index < -0.39 is 36.2 Å². The molecule has 1 aromatic carbocycles. The van der Waals surface area contributed by atoms with Crippen molar-refractivity contribution < 1.29 is 23.9 Å². The molecular weight excluding hydrogens is 394 g/mol. The molecule has 0 aliphatic heterocycles. The van der Waals surface area contributed by atoms with Gasteiger partial charge in [0.15, 0.2) is 0 Å². The quantitative estimate of drug-likeness (QED) is 0.683. The van der Waals surface area contributed by atoms with Gasteiger partial charge in [0.2, 0.25) is 5.91 Å². The third kappa shape index (κ3) is 5.51. The van der Waals surface area contributed by atoms with Crippen molar-refractivity contribution in [2.24, 2.45) is 11.7 Å². The average molecular weight is 422 g/mol. The fraction of sp³-hybridized carbons (Fsp3) is 0.500. The summed E-state index contributed by atoms with van der Waals surface area (Å²) in [7, 11) is 1.25. The summed E-state index contributed by atoms with van der Waals surface area (Å²) < 4.78 is 11.0. The zero-order chi connectivity index (χ0) is 21.7. The normalized spacial score (nSPS) is 13.4. The largest absolute Gasteiger partial charge is 0.469 e. The summed E-state index contributed by atoms with van der Waals surface area (Å²) >= 11 is 1.30. The number of para-hydroxylation sites is 1. The maximum Gasteiger partial charge on any atom is 0.417 e. The number of imide groups is 1. The Hall–Kier alpha value is -2.52. The number of thiazole rings is 1. The van der Waals surface area contributed by atoms with Crippen molar-refractivity contribution in [3.8, 4) is 0 Å². The second-order valence-corrected chi connectivity index (χ2v) is 8.29. The lowest BCUT2D eigenvalue weighted by Gasteiger charge is -2.31. The summed E-state index contributed by atoms with van der Waals surface area (Å²) in [4.78, 5) is 43.6. The standard InChI is InChI=1S/C20H27N3O5S/c1-11(2)17(21)19(25)23(20(26)28-12(3)4)14(10-16(24)27-5)18-22-13-8-6-7-9-15(13)29-18/h6-9,11-12,14,17H,10,21H2,1-5H3/t14?,17-/m0/s1. The monoisotopic (exact) mass is 421 g/mol. The van der Waals surface area contributed by atoms with E-state index in [1.165, 1.54) is 18.4 Å². The van der Waals surface area contributed by atoms with Crippen molar-refractivity contribution in [3.05, 3.63) is 29.3 Å². The first kappa shape index (κ1) is 22.8. The topological polar surface area (TPSA) is 112 Å². The number of benzene rings is 1. The number of aromatic nitrogens is 1. The predicted octanol–water partition coefficient (Wildman–Crippen LogP) is 3.26. The minimum Gasteiger partial charge on any atom is -0.469 e. The van der Waals surface area contributed by atoms with Gasteiger partial charge in [-0.25, -0.2) is 14.7 Å².